The SMILES string of the molecule is COc1ccc(NC(=O)C(Sc2cccc(NC(=O)/C(=C\c3ccc(C(C)C)cc3)NC(=O)c3ccccc3)c2)c2ccccc2)cc1. The van der Waals surface area contributed by atoms with E-state index in [9.17, 15) is 14.4 Å². The van der Waals surface area contributed by atoms with Crippen LogP contribution >= 0.6 is 11.8 Å². The topological polar surface area (TPSA) is 96.5 Å². The molecular weight excluding hydrogens is 619 g/mol. The highest BCUT2D eigenvalue weighted by Gasteiger charge is 2.23. The van der Waals surface area contributed by atoms with Gasteiger partial charge in [0.05, 0.1) is 7.11 Å². The number of ether oxygens (including phenoxy) is 1. The van der Waals surface area contributed by atoms with Crippen LogP contribution in [0, 0.1) is 0 Å². The molecule has 1 atom stereocenters. The van der Waals surface area contributed by atoms with E-state index >= 15 is 0 Å². The van der Waals surface area contributed by atoms with Gasteiger partial charge in [-0.25, -0.2) is 0 Å². The second-order valence-corrected chi connectivity index (χ2v) is 12.5. The van der Waals surface area contributed by atoms with Crippen molar-refractivity contribution < 1.29 is 19.1 Å². The maximum atomic E-state index is 13.7. The van der Waals surface area contributed by atoms with Gasteiger partial charge in [0.25, 0.3) is 11.8 Å². The number of anilines is 2. The summed E-state index contributed by atoms with van der Waals surface area (Å²) in [6.07, 6.45) is 1.66. The van der Waals surface area contributed by atoms with E-state index in [4.69, 9.17) is 4.74 Å². The van der Waals surface area contributed by atoms with Crippen molar-refractivity contribution in [3.63, 3.8) is 0 Å². The van der Waals surface area contributed by atoms with Crippen molar-refractivity contribution in [2.45, 2.75) is 29.9 Å². The number of hydrogen-bond acceptors (Lipinski definition) is 5. The Morgan fingerprint density at radius 2 is 1.35 bits per heavy atom. The van der Waals surface area contributed by atoms with Crippen molar-refractivity contribution in [2.24, 2.45) is 0 Å². The number of carbonyl (C=O) groups is 3. The van der Waals surface area contributed by atoms with E-state index in [1.54, 1.807) is 67.8 Å². The molecule has 0 bridgehead atoms. The van der Waals surface area contributed by atoms with Crippen LogP contribution in [0.15, 0.2) is 144 Å². The van der Waals surface area contributed by atoms with Crippen LogP contribution in [0.2, 0.25) is 0 Å². The summed E-state index contributed by atoms with van der Waals surface area (Å²) in [5.74, 6) is -0.00529. The van der Waals surface area contributed by atoms with Crippen molar-refractivity contribution >= 4 is 46.9 Å². The second-order valence-electron chi connectivity index (χ2n) is 11.3. The predicted octanol–water partition coefficient (Wildman–Crippen LogP) is 8.70. The van der Waals surface area contributed by atoms with Crippen LogP contribution in [0.1, 0.15) is 52.1 Å². The minimum absolute atomic E-state index is 0.0974. The standard InChI is InChI=1S/C40H37N3O4S/c1-27(2)29-19-17-28(18-20-29)25-36(43-38(44)31-13-8-5-9-14-31)39(45)42-33-15-10-16-35(26-33)48-37(30-11-6-4-7-12-30)40(46)41-32-21-23-34(47-3)24-22-32/h4-27,37H,1-3H3,(H,41,46)(H,42,45)(H,43,44)/b36-25+. The Hall–Kier alpha value is -5.60. The zero-order valence-corrected chi connectivity index (χ0v) is 27.8. The molecule has 0 radical (unpaired) electrons. The third-order valence-electron chi connectivity index (χ3n) is 7.49. The van der Waals surface area contributed by atoms with Crippen LogP contribution in [-0.4, -0.2) is 24.8 Å². The molecule has 0 saturated heterocycles. The van der Waals surface area contributed by atoms with Gasteiger partial charge in [-0.1, -0.05) is 92.7 Å². The molecule has 1 unspecified atom stereocenters. The lowest BCUT2D eigenvalue weighted by Gasteiger charge is -2.18. The van der Waals surface area contributed by atoms with Gasteiger partial charge in [-0.05, 0) is 83.3 Å². The minimum Gasteiger partial charge on any atom is -0.497 e. The fourth-order valence-corrected chi connectivity index (χ4v) is 5.93. The summed E-state index contributed by atoms with van der Waals surface area (Å²) in [6.45, 7) is 4.23. The van der Waals surface area contributed by atoms with Crippen LogP contribution < -0.4 is 20.7 Å². The van der Waals surface area contributed by atoms with E-state index in [0.717, 1.165) is 16.0 Å². The Labute approximate surface area is 285 Å². The molecule has 3 N–H and O–H groups in total. The molecule has 0 fully saturated rings. The molecule has 0 spiro atoms. The Balaban J connectivity index is 1.37. The van der Waals surface area contributed by atoms with Gasteiger partial charge in [-0.15, -0.1) is 11.8 Å². The largest absolute Gasteiger partial charge is 0.497 e. The summed E-state index contributed by atoms with van der Waals surface area (Å²) >= 11 is 1.37. The molecule has 0 aliphatic rings. The Morgan fingerprint density at radius 1 is 0.688 bits per heavy atom. The molecule has 0 heterocycles. The average Bonchev–Trinajstić information content (AvgIpc) is 3.11. The van der Waals surface area contributed by atoms with E-state index in [1.807, 2.05) is 78.9 Å². The van der Waals surface area contributed by atoms with Gasteiger partial charge in [0.15, 0.2) is 0 Å². The molecule has 48 heavy (non-hydrogen) atoms. The van der Waals surface area contributed by atoms with Gasteiger partial charge in [0.2, 0.25) is 5.91 Å². The van der Waals surface area contributed by atoms with Crippen molar-refractivity contribution in [1.82, 2.24) is 5.32 Å². The monoisotopic (exact) mass is 655 g/mol. The van der Waals surface area contributed by atoms with E-state index in [2.05, 4.69) is 29.8 Å². The Morgan fingerprint density at radius 3 is 2.00 bits per heavy atom. The quantitative estimate of drug-likeness (QED) is 0.0923. The second kappa shape index (κ2) is 16.3. The summed E-state index contributed by atoms with van der Waals surface area (Å²) in [7, 11) is 1.59. The number of methoxy groups -OCH3 is 1. The number of amides is 3. The zero-order valence-electron chi connectivity index (χ0n) is 27.0. The third-order valence-corrected chi connectivity index (χ3v) is 8.73. The van der Waals surface area contributed by atoms with Crippen LogP contribution in [0.3, 0.4) is 0 Å². The Bertz CT molecular complexity index is 1870. The van der Waals surface area contributed by atoms with Crippen molar-refractivity contribution in [1.29, 1.82) is 0 Å². The molecule has 8 heteroatoms. The first kappa shape index (κ1) is 33.8. The van der Waals surface area contributed by atoms with E-state index in [0.29, 0.717) is 28.6 Å². The van der Waals surface area contributed by atoms with Crippen molar-refractivity contribution in [3.8, 4) is 5.75 Å². The number of benzene rings is 5. The molecule has 5 aromatic rings. The number of thioether (sulfide) groups is 1. The lowest BCUT2D eigenvalue weighted by Crippen LogP contribution is -2.30. The first-order chi connectivity index (χ1) is 23.3. The summed E-state index contributed by atoms with van der Waals surface area (Å²) in [5, 5.41) is 8.16. The van der Waals surface area contributed by atoms with E-state index < -0.39 is 17.1 Å². The highest BCUT2D eigenvalue weighted by Crippen LogP contribution is 2.37. The molecule has 5 aromatic carbocycles. The summed E-state index contributed by atoms with van der Waals surface area (Å²) < 4.78 is 5.23. The first-order valence-corrected chi connectivity index (χ1v) is 16.4. The highest BCUT2D eigenvalue weighted by atomic mass is 32.2. The number of hydrogen-bond donors (Lipinski definition) is 3. The van der Waals surface area contributed by atoms with Crippen LogP contribution in [0.4, 0.5) is 11.4 Å². The van der Waals surface area contributed by atoms with Crippen LogP contribution in [0.25, 0.3) is 6.08 Å². The summed E-state index contributed by atoms with van der Waals surface area (Å²) in [4.78, 5) is 41.2. The van der Waals surface area contributed by atoms with Crippen molar-refractivity contribution in [3.05, 3.63) is 161 Å². The number of nitrogens with one attached hydrogen (secondary N) is 3. The van der Waals surface area contributed by atoms with Gasteiger partial charge in [0, 0.05) is 21.8 Å². The average molecular weight is 656 g/mol. The molecule has 0 aromatic heterocycles. The number of rotatable bonds is 12. The molecule has 0 saturated carbocycles. The zero-order chi connectivity index (χ0) is 33.9. The summed E-state index contributed by atoms with van der Waals surface area (Å²) in [5.41, 5.74) is 4.48. The van der Waals surface area contributed by atoms with Gasteiger partial charge in [-0.2, -0.15) is 0 Å². The predicted molar refractivity (Wildman–Crippen MR) is 194 cm³/mol. The maximum absolute atomic E-state index is 13.7. The van der Waals surface area contributed by atoms with Crippen molar-refractivity contribution in [2.75, 3.05) is 17.7 Å². The van der Waals surface area contributed by atoms with E-state index in [-0.39, 0.29) is 11.6 Å². The van der Waals surface area contributed by atoms with E-state index in [1.165, 1.54) is 17.3 Å². The lowest BCUT2D eigenvalue weighted by molar-refractivity contribution is -0.116. The highest BCUT2D eigenvalue weighted by molar-refractivity contribution is 8.00. The fourth-order valence-electron chi connectivity index (χ4n) is 4.85. The third kappa shape index (κ3) is 9.24. The molecule has 7 nitrogen and oxygen atoms in total. The van der Waals surface area contributed by atoms with Crippen LogP contribution in [-0.2, 0) is 9.59 Å². The van der Waals surface area contributed by atoms with Gasteiger partial charge < -0.3 is 20.7 Å². The molecule has 3 amide bonds. The molecule has 5 rings (SSSR count). The first-order valence-electron chi connectivity index (χ1n) is 15.5. The summed E-state index contributed by atoms with van der Waals surface area (Å²) in [6, 6.07) is 40.6. The molecular formula is C40H37N3O4S. The van der Waals surface area contributed by atoms with Gasteiger partial charge in [-0.3, -0.25) is 14.4 Å². The molecule has 242 valence electrons. The van der Waals surface area contributed by atoms with Crippen LogP contribution in [0.5, 0.6) is 5.75 Å². The fraction of sp³-hybridized carbons (Fsp3) is 0.125. The number of carbonyl (C=O) groups excluding carboxylic acids is 3. The maximum Gasteiger partial charge on any atom is 0.272 e. The lowest BCUT2D eigenvalue weighted by atomic mass is 10.0. The molecule has 0 aliphatic heterocycles. The molecule has 0 aliphatic carbocycles. The minimum atomic E-state index is -0.575. The Kier molecular flexibility index (Phi) is 11.5. The smallest absolute Gasteiger partial charge is 0.272 e. The van der Waals surface area contributed by atoms with Gasteiger partial charge >= 0.3 is 0 Å². The normalized spacial score (nSPS) is 11.8. The van der Waals surface area contributed by atoms with Gasteiger partial charge in [0.1, 0.15) is 16.7 Å².